The first-order chi connectivity index (χ1) is 12.8. The minimum absolute atomic E-state index is 0.694. The van der Waals surface area contributed by atoms with E-state index in [1.54, 1.807) is 6.20 Å². The van der Waals surface area contributed by atoms with E-state index >= 15 is 0 Å². The topological polar surface area (TPSA) is 52.9 Å². The van der Waals surface area contributed by atoms with Gasteiger partial charge in [0.15, 0.2) is 0 Å². The number of hydrogen-bond acceptors (Lipinski definition) is 6. The lowest BCUT2D eigenvalue weighted by Gasteiger charge is -2.50. The number of piperazine rings is 3. The third-order valence-electron chi connectivity index (χ3n) is 5.63. The van der Waals surface area contributed by atoms with Gasteiger partial charge in [0.05, 0.1) is 31.9 Å². The van der Waals surface area contributed by atoms with Crippen LogP contribution in [0.15, 0.2) is 46.1 Å². The summed E-state index contributed by atoms with van der Waals surface area (Å²) in [7, 11) is 0. The van der Waals surface area contributed by atoms with E-state index in [0.717, 1.165) is 25.2 Å². The minimum Gasteiger partial charge on any atom is -0.319 e. The Balaban J connectivity index is 1.17. The van der Waals surface area contributed by atoms with Crippen molar-refractivity contribution in [2.45, 2.75) is 6.42 Å². The zero-order valence-corrected chi connectivity index (χ0v) is 16.0. The number of benzene rings is 1. The Hall–Kier alpha value is -1.67. The van der Waals surface area contributed by atoms with Crippen LogP contribution in [-0.4, -0.2) is 73.3 Å². The highest BCUT2D eigenvalue weighted by Gasteiger charge is 2.37. The molecular weight excluding hydrogens is 344 g/mol. The summed E-state index contributed by atoms with van der Waals surface area (Å²) < 4.78 is 1.34. The molecule has 3 aliphatic rings. The zero-order valence-electron chi connectivity index (χ0n) is 15.2. The molecule has 0 amide bonds. The summed E-state index contributed by atoms with van der Waals surface area (Å²) in [5.74, 6) is 0. The second kappa shape index (κ2) is 8.35. The van der Waals surface area contributed by atoms with Crippen molar-refractivity contribution in [3.8, 4) is 0 Å². The Kier molecular flexibility index (Phi) is 5.69. The molecule has 26 heavy (non-hydrogen) atoms. The van der Waals surface area contributed by atoms with E-state index in [9.17, 15) is 0 Å². The first-order valence-electron chi connectivity index (χ1n) is 9.50. The van der Waals surface area contributed by atoms with Crippen molar-refractivity contribution >= 4 is 22.2 Å². The van der Waals surface area contributed by atoms with Crippen molar-refractivity contribution in [3.63, 3.8) is 0 Å². The number of quaternary nitrogens is 1. The predicted molar refractivity (Wildman–Crippen MR) is 105 cm³/mol. The van der Waals surface area contributed by atoms with Crippen LogP contribution in [0.4, 0.5) is 10.8 Å². The van der Waals surface area contributed by atoms with Gasteiger partial charge in [-0.3, -0.25) is 4.90 Å². The van der Waals surface area contributed by atoms with Gasteiger partial charge in [-0.05, 0) is 30.7 Å². The summed E-state index contributed by atoms with van der Waals surface area (Å²) in [6.07, 6.45) is 2.79. The van der Waals surface area contributed by atoms with Gasteiger partial charge in [-0.25, -0.2) is 4.98 Å². The second-order valence-corrected chi connectivity index (χ2v) is 8.13. The number of thiazole rings is 1. The van der Waals surface area contributed by atoms with E-state index in [2.05, 4.69) is 37.6 Å². The zero-order chi connectivity index (χ0) is 17.7. The lowest BCUT2D eigenvalue weighted by Crippen LogP contribution is -2.68. The Bertz CT molecular complexity index is 690. The molecule has 0 radical (unpaired) electrons. The summed E-state index contributed by atoms with van der Waals surface area (Å²) in [6.45, 7) is 11.4. The fourth-order valence-corrected chi connectivity index (χ4v) is 4.29. The first-order valence-corrected chi connectivity index (χ1v) is 10.4. The van der Waals surface area contributed by atoms with Crippen molar-refractivity contribution in [2.24, 2.45) is 10.2 Å². The molecule has 2 bridgehead atoms. The third kappa shape index (κ3) is 4.54. The van der Waals surface area contributed by atoms with Crippen molar-refractivity contribution in [3.05, 3.63) is 41.4 Å². The van der Waals surface area contributed by atoms with E-state index in [0.29, 0.717) is 5.13 Å². The van der Waals surface area contributed by atoms with Crippen molar-refractivity contribution in [1.82, 2.24) is 15.2 Å². The standard InChI is InChI=1S/C19H27N6S/c1-3-18(22-23-19-21-8-16-26-19)4-2-17(1)5-6-20-7-12-25-13-9-24(10-14-25)11-15-25/h1-4,8,16,20H,5-7,9-15H2/q+1. The molecule has 4 heterocycles. The van der Waals surface area contributed by atoms with Crippen LogP contribution in [0.25, 0.3) is 0 Å². The van der Waals surface area contributed by atoms with Gasteiger partial charge in [-0.15, -0.1) is 21.6 Å². The normalized spacial score (nSPS) is 25.2. The molecule has 1 N–H and O–H groups in total. The van der Waals surface area contributed by atoms with Gasteiger partial charge in [0.1, 0.15) is 0 Å². The van der Waals surface area contributed by atoms with Crippen molar-refractivity contribution in [1.29, 1.82) is 0 Å². The van der Waals surface area contributed by atoms with Gasteiger partial charge in [-0.1, -0.05) is 12.1 Å². The molecule has 3 saturated heterocycles. The molecule has 3 aliphatic heterocycles. The molecule has 1 aromatic heterocycles. The third-order valence-corrected chi connectivity index (χ3v) is 6.29. The Labute approximate surface area is 159 Å². The number of nitrogens with zero attached hydrogens (tertiary/aromatic N) is 5. The predicted octanol–water partition coefficient (Wildman–Crippen LogP) is 2.84. The number of rotatable bonds is 8. The van der Waals surface area contributed by atoms with E-state index in [1.165, 1.54) is 67.2 Å². The second-order valence-electron chi connectivity index (χ2n) is 7.26. The highest BCUT2D eigenvalue weighted by Crippen LogP contribution is 2.20. The number of azo groups is 1. The van der Waals surface area contributed by atoms with E-state index in [1.807, 2.05) is 17.5 Å². The van der Waals surface area contributed by atoms with Crippen LogP contribution < -0.4 is 5.32 Å². The summed E-state index contributed by atoms with van der Waals surface area (Å²) in [5, 5.41) is 14.6. The Morgan fingerprint density at radius 3 is 2.50 bits per heavy atom. The molecule has 0 aliphatic carbocycles. The lowest BCUT2D eigenvalue weighted by molar-refractivity contribution is -0.939. The number of aromatic nitrogens is 1. The number of nitrogens with one attached hydrogen (secondary N) is 1. The van der Waals surface area contributed by atoms with Crippen LogP contribution in [0.5, 0.6) is 0 Å². The molecule has 0 saturated carbocycles. The van der Waals surface area contributed by atoms with Crippen LogP contribution >= 0.6 is 11.3 Å². The average Bonchev–Trinajstić information content (AvgIpc) is 3.22. The van der Waals surface area contributed by atoms with Crippen molar-refractivity contribution in [2.75, 3.05) is 58.9 Å². The average molecular weight is 372 g/mol. The van der Waals surface area contributed by atoms with Gasteiger partial charge in [0.25, 0.3) is 0 Å². The molecule has 0 atom stereocenters. The van der Waals surface area contributed by atoms with Gasteiger partial charge in [0, 0.05) is 37.8 Å². The number of fused-ring (bicyclic) bond motifs is 3. The van der Waals surface area contributed by atoms with Crippen LogP contribution in [0.2, 0.25) is 0 Å². The Morgan fingerprint density at radius 2 is 1.81 bits per heavy atom. The van der Waals surface area contributed by atoms with Gasteiger partial charge >= 0.3 is 0 Å². The molecule has 0 spiro atoms. The molecule has 2 aromatic rings. The van der Waals surface area contributed by atoms with Gasteiger partial charge < -0.3 is 9.80 Å². The highest BCUT2D eigenvalue weighted by atomic mass is 32.1. The molecular formula is C19H27N6S+. The molecule has 7 heteroatoms. The summed E-state index contributed by atoms with van der Waals surface area (Å²) >= 11 is 1.49. The summed E-state index contributed by atoms with van der Waals surface area (Å²) in [5.41, 5.74) is 2.21. The molecule has 1 aromatic carbocycles. The first kappa shape index (κ1) is 17.7. The molecule has 6 nitrogen and oxygen atoms in total. The Morgan fingerprint density at radius 1 is 1.04 bits per heavy atom. The highest BCUT2D eigenvalue weighted by molar-refractivity contribution is 7.13. The molecule has 138 valence electrons. The largest absolute Gasteiger partial charge is 0.319 e. The lowest BCUT2D eigenvalue weighted by atomic mass is 10.1. The van der Waals surface area contributed by atoms with E-state index in [-0.39, 0.29) is 0 Å². The maximum absolute atomic E-state index is 4.22. The van der Waals surface area contributed by atoms with Crippen LogP contribution in [0.3, 0.4) is 0 Å². The van der Waals surface area contributed by atoms with Crippen molar-refractivity contribution < 1.29 is 4.48 Å². The van der Waals surface area contributed by atoms with Crippen LogP contribution in [0.1, 0.15) is 5.56 Å². The SMILES string of the molecule is c1csc(N=Nc2ccc(CCNCC[N+]34CCN(CC3)CC4)cc2)n1. The summed E-state index contributed by atoms with van der Waals surface area (Å²) in [6, 6.07) is 8.34. The van der Waals surface area contributed by atoms with Gasteiger partial charge in [-0.2, -0.15) is 0 Å². The van der Waals surface area contributed by atoms with Crippen LogP contribution in [-0.2, 0) is 6.42 Å². The quantitative estimate of drug-likeness (QED) is 0.441. The monoisotopic (exact) mass is 371 g/mol. The van der Waals surface area contributed by atoms with Gasteiger partial charge in [0.2, 0.25) is 5.13 Å². The fraction of sp³-hybridized carbons (Fsp3) is 0.526. The number of hydrogen-bond donors (Lipinski definition) is 1. The van der Waals surface area contributed by atoms with Crippen LogP contribution in [0, 0.1) is 0 Å². The smallest absolute Gasteiger partial charge is 0.229 e. The molecule has 0 unspecified atom stereocenters. The summed E-state index contributed by atoms with van der Waals surface area (Å²) in [4.78, 5) is 6.71. The molecule has 3 fully saturated rings. The van der Waals surface area contributed by atoms with E-state index in [4.69, 9.17) is 0 Å². The molecule has 5 rings (SSSR count). The minimum atomic E-state index is 0.694. The maximum Gasteiger partial charge on any atom is 0.229 e. The van der Waals surface area contributed by atoms with E-state index < -0.39 is 0 Å². The fourth-order valence-electron chi connectivity index (χ4n) is 3.84. The maximum atomic E-state index is 4.22.